The summed E-state index contributed by atoms with van der Waals surface area (Å²) in [5.41, 5.74) is 8.87. The van der Waals surface area contributed by atoms with Gasteiger partial charge in [-0.3, -0.25) is 4.79 Å². The molecule has 1 amide bonds. The number of aryl methyl sites for hydroxylation is 3. The Morgan fingerprint density at radius 3 is 2.35 bits per heavy atom. The van der Waals surface area contributed by atoms with Gasteiger partial charge in [-0.2, -0.15) is 5.10 Å². The molecule has 0 saturated carbocycles. The number of rotatable bonds is 5. The minimum Gasteiger partial charge on any atom is -0.376 e. The number of carbonyl (C=O) groups excluding carboxylic acids is 1. The van der Waals surface area contributed by atoms with Crippen molar-refractivity contribution in [1.82, 2.24) is 5.43 Å². The number of nitrogens with zero attached hydrogens (tertiary/aromatic N) is 1. The van der Waals surface area contributed by atoms with Crippen molar-refractivity contribution < 1.29 is 4.79 Å². The summed E-state index contributed by atoms with van der Waals surface area (Å²) in [7, 11) is 0. The quantitative estimate of drug-likeness (QED) is 0.655. The SMILES string of the molecule is C/C(=N/NC(=O)CNc1ccc(C)cc1)c1cc(C)ccc1C. The number of amides is 1. The Morgan fingerprint density at radius 1 is 1.00 bits per heavy atom. The molecule has 23 heavy (non-hydrogen) atoms. The Morgan fingerprint density at radius 2 is 1.65 bits per heavy atom. The van der Waals surface area contributed by atoms with Gasteiger partial charge in [0.05, 0.1) is 12.3 Å². The van der Waals surface area contributed by atoms with Crippen LogP contribution in [0.4, 0.5) is 5.69 Å². The fourth-order valence-corrected chi connectivity index (χ4v) is 2.23. The van der Waals surface area contributed by atoms with E-state index in [4.69, 9.17) is 0 Å². The molecule has 0 heterocycles. The van der Waals surface area contributed by atoms with Gasteiger partial charge in [0, 0.05) is 11.3 Å². The summed E-state index contributed by atoms with van der Waals surface area (Å²) in [6, 6.07) is 14.1. The van der Waals surface area contributed by atoms with Gasteiger partial charge in [-0.05, 0) is 51.5 Å². The minimum absolute atomic E-state index is 0.171. The monoisotopic (exact) mass is 309 g/mol. The van der Waals surface area contributed by atoms with E-state index in [0.717, 1.165) is 22.5 Å². The molecule has 2 aromatic carbocycles. The zero-order valence-corrected chi connectivity index (χ0v) is 14.1. The summed E-state index contributed by atoms with van der Waals surface area (Å²) >= 11 is 0. The van der Waals surface area contributed by atoms with E-state index < -0.39 is 0 Å². The number of nitrogens with one attached hydrogen (secondary N) is 2. The summed E-state index contributed by atoms with van der Waals surface area (Å²) in [6.07, 6.45) is 0. The highest BCUT2D eigenvalue weighted by Crippen LogP contribution is 2.11. The van der Waals surface area contributed by atoms with Crippen molar-refractivity contribution in [3.63, 3.8) is 0 Å². The lowest BCUT2D eigenvalue weighted by atomic mass is 10.0. The molecule has 0 radical (unpaired) electrons. The van der Waals surface area contributed by atoms with Crippen molar-refractivity contribution in [2.75, 3.05) is 11.9 Å². The lowest BCUT2D eigenvalue weighted by molar-refractivity contribution is -0.119. The summed E-state index contributed by atoms with van der Waals surface area (Å²) in [5, 5.41) is 7.27. The lowest BCUT2D eigenvalue weighted by Gasteiger charge is -2.08. The molecule has 0 spiro atoms. The van der Waals surface area contributed by atoms with Crippen LogP contribution in [0.3, 0.4) is 0 Å². The maximum Gasteiger partial charge on any atom is 0.259 e. The summed E-state index contributed by atoms with van der Waals surface area (Å²) in [4.78, 5) is 11.9. The van der Waals surface area contributed by atoms with Gasteiger partial charge < -0.3 is 5.32 Å². The summed E-state index contributed by atoms with van der Waals surface area (Å²) in [5.74, 6) is -0.171. The molecule has 0 aromatic heterocycles. The first kappa shape index (κ1) is 16.7. The van der Waals surface area contributed by atoms with Crippen LogP contribution in [0.2, 0.25) is 0 Å². The van der Waals surface area contributed by atoms with E-state index in [1.807, 2.05) is 52.0 Å². The van der Waals surface area contributed by atoms with E-state index in [-0.39, 0.29) is 12.5 Å². The fourth-order valence-electron chi connectivity index (χ4n) is 2.23. The molecule has 0 aliphatic rings. The zero-order valence-electron chi connectivity index (χ0n) is 14.1. The Bertz CT molecular complexity index is 718. The van der Waals surface area contributed by atoms with Gasteiger partial charge in [-0.1, -0.05) is 35.4 Å². The normalized spacial score (nSPS) is 11.2. The van der Waals surface area contributed by atoms with Gasteiger partial charge in [-0.15, -0.1) is 0 Å². The average molecular weight is 309 g/mol. The number of hydrogen-bond acceptors (Lipinski definition) is 3. The van der Waals surface area contributed by atoms with Crippen LogP contribution in [0.5, 0.6) is 0 Å². The largest absolute Gasteiger partial charge is 0.376 e. The highest BCUT2D eigenvalue weighted by Gasteiger charge is 2.04. The Balaban J connectivity index is 1.92. The average Bonchev–Trinajstić information content (AvgIpc) is 2.54. The minimum atomic E-state index is -0.171. The van der Waals surface area contributed by atoms with Crippen LogP contribution >= 0.6 is 0 Å². The second kappa shape index (κ2) is 7.58. The number of benzene rings is 2. The van der Waals surface area contributed by atoms with Crippen molar-refractivity contribution in [2.45, 2.75) is 27.7 Å². The smallest absolute Gasteiger partial charge is 0.259 e. The van der Waals surface area contributed by atoms with E-state index in [9.17, 15) is 4.79 Å². The van der Waals surface area contributed by atoms with Crippen molar-refractivity contribution in [1.29, 1.82) is 0 Å². The molecule has 0 aliphatic carbocycles. The third-order valence-corrected chi connectivity index (χ3v) is 3.64. The van der Waals surface area contributed by atoms with Crippen LogP contribution < -0.4 is 10.7 Å². The first-order chi connectivity index (χ1) is 11.0. The highest BCUT2D eigenvalue weighted by atomic mass is 16.2. The van der Waals surface area contributed by atoms with Crippen LogP contribution in [-0.4, -0.2) is 18.2 Å². The van der Waals surface area contributed by atoms with E-state index in [2.05, 4.69) is 34.0 Å². The summed E-state index contributed by atoms with van der Waals surface area (Å²) < 4.78 is 0. The molecule has 0 fully saturated rings. The van der Waals surface area contributed by atoms with Gasteiger partial charge >= 0.3 is 0 Å². The first-order valence-corrected chi connectivity index (χ1v) is 7.67. The van der Waals surface area contributed by atoms with Crippen molar-refractivity contribution in [3.8, 4) is 0 Å². The van der Waals surface area contributed by atoms with E-state index in [1.54, 1.807) is 0 Å². The molecular formula is C19H23N3O. The molecule has 0 unspecified atom stereocenters. The molecule has 2 aromatic rings. The van der Waals surface area contributed by atoms with E-state index in [1.165, 1.54) is 11.1 Å². The van der Waals surface area contributed by atoms with Gasteiger partial charge in [-0.25, -0.2) is 5.43 Å². The lowest BCUT2D eigenvalue weighted by Crippen LogP contribution is -2.26. The van der Waals surface area contributed by atoms with Crippen LogP contribution in [0, 0.1) is 20.8 Å². The molecule has 0 saturated heterocycles. The van der Waals surface area contributed by atoms with Crippen LogP contribution in [-0.2, 0) is 4.79 Å². The fraction of sp³-hybridized carbons (Fsp3) is 0.263. The van der Waals surface area contributed by atoms with Gasteiger partial charge in [0.25, 0.3) is 5.91 Å². The van der Waals surface area contributed by atoms with Crippen LogP contribution in [0.25, 0.3) is 0 Å². The second-order valence-electron chi connectivity index (χ2n) is 5.77. The second-order valence-corrected chi connectivity index (χ2v) is 5.77. The van der Waals surface area contributed by atoms with Gasteiger partial charge in [0.2, 0.25) is 0 Å². The molecule has 4 heteroatoms. The molecule has 4 nitrogen and oxygen atoms in total. The molecule has 2 N–H and O–H groups in total. The third-order valence-electron chi connectivity index (χ3n) is 3.64. The number of anilines is 1. The van der Waals surface area contributed by atoms with Gasteiger partial charge in [0.1, 0.15) is 0 Å². The molecule has 120 valence electrons. The van der Waals surface area contributed by atoms with Crippen molar-refractivity contribution >= 4 is 17.3 Å². The van der Waals surface area contributed by atoms with Crippen LogP contribution in [0.1, 0.15) is 29.2 Å². The maximum absolute atomic E-state index is 11.9. The van der Waals surface area contributed by atoms with Crippen LogP contribution in [0.15, 0.2) is 47.6 Å². The topological polar surface area (TPSA) is 53.5 Å². The van der Waals surface area contributed by atoms with Crippen molar-refractivity contribution in [2.24, 2.45) is 5.10 Å². The van der Waals surface area contributed by atoms with Gasteiger partial charge in [0.15, 0.2) is 0 Å². The maximum atomic E-state index is 11.9. The molecule has 2 rings (SSSR count). The molecule has 0 atom stereocenters. The Labute approximate surface area is 137 Å². The van der Waals surface area contributed by atoms with E-state index in [0.29, 0.717) is 0 Å². The number of hydrogen-bond donors (Lipinski definition) is 2. The first-order valence-electron chi connectivity index (χ1n) is 7.67. The Hall–Kier alpha value is -2.62. The van der Waals surface area contributed by atoms with E-state index >= 15 is 0 Å². The number of carbonyl (C=O) groups is 1. The predicted molar refractivity (Wildman–Crippen MR) is 95.9 cm³/mol. The predicted octanol–water partition coefficient (Wildman–Crippen LogP) is 3.56. The molecular weight excluding hydrogens is 286 g/mol. The Kier molecular flexibility index (Phi) is 5.52. The zero-order chi connectivity index (χ0) is 16.8. The standard InChI is InChI=1S/C19H23N3O/c1-13-6-9-17(10-7-13)20-12-19(23)22-21-16(4)18-11-14(2)5-8-15(18)3/h5-11,20H,12H2,1-4H3,(H,22,23)/b21-16-. The summed E-state index contributed by atoms with van der Waals surface area (Å²) in [6.45, 7) is 8.19. The molecule has 0 aliphatic heterocycles. The third kappa shape index (κ3) is 4.95. The van der Waals surface area contributed by atoms with Crippen molar-refractivity contribution in [3.05, 3.63) is 64.7 Å². The molecule has 0 bridgehead atoms. The number of hydrazone groups is 1. The highest BCUT2D eigenvalue weighted by molar-refractivity contribution is 6.00.